The first-order valence-corrected chi connectivity index (χ1v) is 6.34. The van der Waals surface area contributed by atoms with Gasteiger partial charge in [-0.05, 0) is 46.0 Å². The Kier molecular flexibility index (Phi) is 5.21. The van der Waals surface area contributed by atoms with Gasteiger partial charge < -0.3 is 9.64 Å². The summed E-state index contributed by atoms with van der Waals surface area (Å²) in [7, 11) is 0. The largest absolute Gasteiger partial charge is 0.444 e. The van der Waals surface area contributed by atoms with Gasteiger partial charge >= 0.3 is 6.09 Å². The molecule has 0 spiro atoms. The summed E-state index contributed by atoms with van der Waals surface area (Å²) in [5.41, 5.74) is 2.27. The van der Waals surface area contributed by atoms with Crippen molar-refractivity contribution in [3.63, 3.8) is 0 Å². The highest BCUT2D eigenvalue weighted by molar-refractivity contribution is 5.68. The highest BCUT2D eigenvalue weighted by Gasteiger charge is 2.26. The molecule has 17 heavy (non-hydrogen) atoms. The van der Waals surface area contributed by atoms with Crippen LogP contribution in [0.5, 0.6) is 0 Å². The second kappa shape index (κ2) is 6.21. The highest BCUT2D eigenvalue weighted by atomic mass is 16.6. The molecule has 1 heterocycles. The van der Waals surface area contributed by atoms with Gasteiger partial charge in [-0.15, -0.1) is 0 Å². The van der Waals surface area contributed by atoms with Crippen molar-refractivity contribution in [2.24, 2.45) is 11.8 Å². The summed E-state index contributed by atoms with van der Waals surface area (Å²) in [4.78, 5) is 13.6. The van der Waals surface area contributed by atoms with Crippen molar-refractivity contribution in [2.75, 3.05) is 19.6 Å². The van der Waals surface area contributed by atoms with Gasteiger partial charge in [0.05, 0.1) is 0 Å². The number of likely N-dealkylation sites (tertiary alicyclic amines) is 1. The minimum atomic E-state index is -0.405. The second-order valence-electron chi connectivity index (χ2n) is 5.65. The predicted octanol–water partition coefficient (Wildman–Crippen LogP) is 1.49. The van der Waals surface area contributed by atoms with Crippen LogP contribution >= 0.6 is 0 Å². The number of nitrogens with zero attached hydrogens (tertiary/aromatic N) is 1. The van der Waals surface area contributed by atoms with E-state index in [4.69, 9.17) is 10.6 Å². The SMILES string of the molecule is CC(C)(C)OC(=O)N1CCC(CCNN)CC1. The molecule has 0 aliphatic carbocycles. The van der Waals surface area contributed by atoms with Crippen molar-refractivity contribution in [2.45, 2.75) is 45.6 Å². The van der Waals surface area contributed by atoms with E-state index in [1.165, 1.54) is 0 Å². The van der Waals surface area contributed by atoms with Gasteiger partial charge in [0, 0.05) is 19.6 Å². The van der Waals surface area contributed by atoms with Crippen molar-refractivity contribution < 1.29 is 9.53 Å². The summed E-state index contributed by atoms with van der Waals surface area (Å²) in [5, 5.41) is 0. The van der Waals surface area contributed by atoms with E-state index in [0.29, 0.717) is 5.92 Å². The number of carbonyl (C=O) groups excluding carboxylic acids is 1. The molecule has 1 aliphatic heterocycles. The minimum Gasteiger partial charge on any atom is -0.444 e. The third kappa shape index (κ3) is 5.37. The summed E-state index contributed by atoms with van der Waals surface area (Å²) in [6, 6.07) is 0. The second-order valence-corrected chi connectivity index (χ2v) is 5.65. The number of ether oxygens (including phenoxy) is 1. The first kappa shape index (κ1) is 14.3. The first-order chi connectivity index (χ1) is 7.92. The standard InChI is InChI=1S/C12H25N3O2/c1-12(2,3)17-11(16)15-8-5-10(6-9-15)4-7-14-13/h10,14H,4-9,13H2,1-3H3. The van der Waals surface area contributed by atoms with Crippen molar-refractivity contribution in [1.29, 1.82) is 0 Å². The van der Waals surface area contributed by atoms with Gasteiger partial charge in [0.25, 0.3) is 0 Å². The number of nitrogens with one attached hydrogen (secondary N) is 1. The summed E-state index contributed by atoms with van der Waals surface area (Å²) in [5.74, 6) is 5.93. The van der Waals surface area contributed by atoms with Crippen molar-refractivity contribution in [3.05, 3.63) is 0 Å². The van der Waals surface area contributed by atoms with Crippen LogP contribution in [0.2, 0.25) is 0 Å². The van der Waals surface area contributed by atoms with Gasteiger partial charge in [-0.25, -0.2) is 4.79 Å². The number of hydrogen-bond acceptors (Lipinski definition) is 4. The van der Waals surface area contributed by atoms with Gasteiger partial charge in [0.2, 0.25) is 0 Å². The number of hydrazine groups is 1. The topological polar surface area (TPSA) is 67.6 Å². The monoisotopic (exact) mass is 243 g/mol. The smallest absolute Gasteiger partial charge is 0.410 e. The number of carbonyl (C=O) groups is 1. The maximum atomic E-state index is 11.8. The van der Waals surface area contributed by atoms with Crippen LogP contribution in [-0.2, 0) is 4.74 Å². The van der Waals surface area contributed by atoms with Crippen molar-refractivity contribution in [1.82, 2.24) is 10.3 Å². The number of rotatable bonds is 3. The molecular formula is C12H25N3O2. The summed E-state index contributed by atoms with van der Waals surface area (Å²) in [6.07, 6.45) is 2.98. The van der Waals surface area contributed by atoms with Crippen LogP contribution in [0, 0.1) is 5.92 Å². The maximum Gasteiger partial charge on any atom is 0.410 e. The molecule has 1 fully saturated rings. The maximum absolute atomic E-state index is 11.8. The van der Waals surface area contributed by atoms with Crippen molar-refractivity contribution in [3.8, 4) is 0 Å². The number of amides is 1. The zero-order valence-corrected chi connectivity index (χ0v) is 11.2. The van der Waals surface area contributed by atoms with Crippen LogP contribution < -0.4 is 11.3 Å². The van der Waals surface area contributed by atoms with Gasteiger partial charge in [-0.3, -0.25) is 11.3 Å². The molecule has 5 nitrogen and oxygen atoms in total. The Hall–Kier alpha value is -0.810. The zero-order valence-electron chi connectivity index (χ0n) is 11.2. The molecule has 0 aromatic carbocycles. The lowest BCUT2D eigenvalue weighted by Gasteiger charge is -2.33. The van der Waals surface area contributed by atoms with E-state index in [0.717, 1.165) is 38.9 Å². The number of piperidine rings is 1. The quantitative estimate of drug-likeness (QED) is 0.582. The molecule has 0 radical (unpaired) electrons. The minimum absolute atomic E-state index is 0.187. The van der Waals surface area contributed by atoms with E-state index in [9.17, 15) is 4.79 Å². The molecule has 5 heteroatoms. The Balaban J connectivity index is 2.29. The molecule has 1 saturated heterocycles. The fraction of sp³-hybridized carbons (Fsp3) is 0.917. The normalized spacial score (nSPS) is 18.2. The fourth-order valence-electron chi connectivity index (χ4n) is 2.02. The lowest BCUT2D eigenvalue weighted by molar-refractivity contribution is 0.0181. The van der Waals surface area contributed by atoms with Crippen LogP contribution in [0.15, 0.2) is 0 Å². The molecule has 100 valence electrons. The molecule has 0 saturated carbocycles. The molecule has 0 atom stereocenters. The van der Waals surface area contributed by atoms with Gasteiger partial charge in [0.1, 0.15) is 5.60 Å². The van der Waals surface area contributed by atoms with Crippen LogP contribution in [0.25, 0.3) is 0 Å². The number of hydrogen-bond donors (Lipinski definition) is 2. The van der Waals surface area contributed by atoms with Gasteiger partial charge in [-0.2, -0.15) is 0 Å². The Bertz CT molecular complexity index is 243. The van der Waals surface area contributed by atoms with Crippen molar-refractivity contribution >= 4 is 6.09 Å². The highest BCUT2D eigenvalue weighted by Crippen LogP contribution is 2.21. The van der Waals surface area contributed by atoms with E-state index in [2.05, 4.69) is 5.43 Å². The van der Waals surface area contributed by atoms with E-state index < -0.39 is 5.60 Å². The Morgan fingerprint density at radius 1 is 1.41 bits per heavy atom. The molecule has 0 bridgehead atoms. The summed E-state index contributed by atoms with van der Waals surface area (Å²) in [6.45, 7) is 8.12. The molecule has 0 aromatic heterocycles. The van der Waals surface area contributed by atoms with E-state index in [1.807, 2.05) is 20.8 Å². The third-order valence-electron chi connectivity index (χ3n) is 2.96. The Morgan fingerprint density at radius 2 is 2.00 bits per heavy atom. The molecular weight excluding hydrogens is 218 g/mol. The molecule has 0 aromatic rings. The average Bonchev–Trinajstić information content (AvgIpc) is 2.24. The van der Waals surface area contributed by atoms with E-state index in [-0.39, 0.29) is 6.09 Å². The molecule has 1 aliphatic rings. The lowest BCUT2D eigenvalue weighted by atomic mass is 9.94. The fourth-order valence-corrected chi connectivity index (χ4v) is 2.02. The Labute approximate surface area is 104 Å². The summed E-state index contributed by atoms with van der Waals surface area (Å²) >= 11 is 0. The summed E-state index contributed by atoms with van der Waals surface area (Å²) < 4.78 is 5.35. The molecule has 1 rings (SSSR count). The number of nitrogens with two attached hydrogens (primary N) is 1. The van der Waals surface area contributed by atoms with Crippen LogP contribution in [-0.4, -0.2) is 36.2 Å². The average molecular weight is 243 g/mol. The van der Waals surface area contributed by atoms with E-state index >= 15 is 0 Å². The third-order valence-corrected chi connectivity index (χ3v) is 2.96. The van der Waals surface area contributed by atoms with Crippen LogP contribution in [0.3, 0.4) is 0 Å². The zero-order chi connectivity index (χ0) is 12.9. The molecule has 3 N–H and O–H groups in total. The predicted molar refractivity (Wildman–Crippen MR) is 67.3 cm³/mol. The van der Waals surface area contributed by atoms with E-state index in [1.54, 1.807) is 4.90 Å². The van der Waals surface area contributed by atoms with Crippen LogP contribution in [0.1, 0.15) is 40.0 Å². The molecule has 1 amide bonds. The Morgan fingerprint density at radius 3 is 2.47 bits per heavy atom. The first-order valence-electron chi connectivity index (χ1n) is 6.34. The van der Waals surface area contributed by atoms with Crippen LogP contribution in [0.4, 0.5) is 4.79 Å². The lowest BCUT2D eigenvalue weighted by Crippen LogP contribution is -2.42. The van der Waals surface area contributed by atoms with Gasteiger partial charge in [-0.1, -0.05) is 0 Å². The molecule has 0 unspecified atom stereocenters. The van der Waals surface area contributed by atoms with Gasteiger partial charge in [0.15, 0.2) is 0 Å².